The lowest BCUT2D eigenvalue weighted by Gasteiger charge is -2.15. The van der Waals surface area contributed by atoms with Crippen molar-refractivity contribution in [1.29, 1.82) is 0 Å². The molecule has 0 heterocycles. The van der Waals surface area contributed by atoms with Crippen molar-refractivity contribution in [2.24, 2.45) is 0 Å². The molecule has 0 saturated carbocycles. The van der Waals surface area contributed by atoms with Crippen LogP contribution in [0.1, 0.15) is 33.1 Å². The van der Waals surface area contributed by atoms with E-state index >= 15 is 0 Å². The molecule has 4 nitrogen and oxygen atoms in total. The van der Waals surface area contributed by atoms with Gasteiger partial charge in [-0.3, -0.25) is 0 Å². The Hall–Kier alpha value is -0.660. The Morgan fingerprint density at radius 2 is 2.11 bits per heavy atom. The maximum absolute atomic E-state index is 13.9. The zero-order valence-electron chi connectivity index (χ0n) is 10.9. The number of nitrogens with two attached hydrogens (primary N) is 1. The molecule has 0 aromatic heterocycles. The molecule has 1 unspecified atom stereocenters. The number of anilines is 1. The van der Waals surface area contributed by atoms with E-state index in [1.165, 1.54) is 6.07 Å². The summed E-state index contributed by atoms with van der Waals surface area (Å²) in [5, 5.41) is 0. The summed E-state index contributed by atoms with van der Waals surface area (Å²) in [6, 6.07) is 2.20. The molecule has 0 amide bonds. The van der Waals surface area contributed by atoms with Gasteiger partial charge in [0.1, 0.15) is 4.90 Å². The van der Waals surface area contributed by atoms with Crippen molar-refractivity contribution >= 4 is 31.6 Å². The summed E-state index contributed by atoms with van der Waals surface area (Å²) < 4.78 is 40.6. The fourth-order valence-electron chi connectivity index (χ4n) is 1.68. The molecule has 108 valence electrons. The van der Waals surface area contributed by atoms with Crippen LogP contribution in [0.2, 0.25) is 0 Å². The van der Waals surface area contributed by atoms with E-state index in [9.17, 15) is 12.8 Å². The molecule has 7 heteroatoms. The third kappa shape index (κ3) is 4.43. The first-order valence-electron chi connectivity index (χ1n) is 6.04. The van der Waals surface area contributed by atoms with E-state index in [4.69, 9.17) is 5.73 Å². The van der Waals surface area contributed by atoms with Crippen LogP contribution in [0.15, 0.2) is 21.5 Å². The lowest BCUT2D eigenvalue weighted by molar-refractivity contribution is 0.523. The molecule has 0 aliphatic carbocycles. The minimum absolute atomic E-state index is 0.0362. The molecule has 3 N–H and O–H groups in total. The monoisotopic (exact) mass is 352 g/mol. The van der Waals surface area contributed by atoms with Gasteiger partial charge in [-0.15, -0.1) is 0 Å². The van der Waals surface area contributed by atoms with Gasteiger partial charge < -0.3 is 5.73 Å². The van der Waals surface area contributed by atoms with Gasteiger partial charge in [0.25, 0.3) is 0 Å². The van der Waals surface area contributed by atoms with E-state index in [2.05, 4.69) is 20.7 Å². The molecule has 0 aliphatic rings. The number of hydrogen-bond donors (Lipinski definition) is 2. The molecule has 0 saturated heterocycles. The number of hydrogen-bond acceptors (Lipinski definition) is 3. The van der Waals surface area contributed by atoms with Crippen molar-refractivity contribution in [2.75, 3.05) is 5.73 Å². The number of nitrogens with one attached hydrogen (secondary N) is 1. The van der Waals surface area contributed by atoms with Crippen LogP contribution >= 0.6 is 15.9 Å². The van der Waals surface area contributed by atoms with Gasteiger partial charge in [0.05, 0.1) is 4.47 Å². The molecule has 1 aromatic carbocycles. The quantitative estimate of drug-likeness (QED) is 0.772. The molecule has 0 bridgehead atoms. The van der Waals surface area contributed by atoms with Crippen molar-refractivity contribution in [3.05, 3.63) is 22.4 Å². The first kappa shape index (κ1) is 16.4. The van der Waals surface area contributed by atoms with E-state index in [1.54, 1.807) is 6.92 Å². The average molecular weight is 353 g/mol. The van der Waals surface area contributed by atoms with Crippen LogP contribution in [0.4, 0.5) is 10.1 Å². The van der Waals surface area contributed by atoms with Crippen LogP contribution in [0, 0.1) is 5.82 Å². The smallest absolute Gasteiger partial charge is 0.243 e. The van der Waals surface area contributed by atoms with Gasteiger partial charge in [-0.05, 0) is 41.4 Å². The topological polar surface area (TPSA) is 72.2 Å². The highest BCUT2D eigenvalue weighted by molar-refractivity contribution is 9.10. The molecule has 19 heavy (non-hydrogen) atoms. The lowest BCUT2D eigenvalue weighted by Crippen LogP contribution is -2.33. The number of unbranched alkanes of at least 4 members (excludes halogenated alkanes) is 1. The van der Waals surface area contributed by atoms with Gasteiger partial charge in [0.15, 0.2) is 5.82 Å². The second-order valence-electron chi connectivity index (χ2n) is 4.48. The SMILES string of the molecule is CCCCC(C)NS(=O)(=O)c1cc(N)cc(Br)c1F. The minimum Gasteiger partial charge on any atom is -0.399 e. The Morgan fingerprint density at radius 3 is 2.68 bits per heavy atom. The number of halogens is 2. The standard InChI is InChI=1S/C12H18BrFN2O2S/c1-3-4-5-8(2)16-19(17,18)11-7-9(15)6-10(13)12(11)14/h6-8,16H,3-5,15H2,1-2H3. The molecular formula is C12H18BrFN2O2S. The average Bonchev–Trinajstić information content (AvgIpc) is 2.30. The van der Waals surface area contributed by atoms with Gasteiger partial charge in [0.2, 0.25) is 10.0 Å². The predicted molar refractivity (Wildman–Crippen MR) is 77.8 cm³/mol. The fraction of sp³-hybridized carbons (Fsp3) is 0.500. The summed E-state index contributed by atoms with van der Waals surface area (Å²) in [5.41, 5.74) is 5.74. The Labute approximate surface area is 121 Å². The molecule has 1 atom stereocenters. The molecule has 0 spiro atoms. The summed E-state index contributed by atoms with van der Waals surface area (Å²) in [6.45, 7) is 3.78. The predicted octanol–water partition coefficient (Wildman–Crippen LogP) is 3.03. The summed E-state index contributed by atoms with van der Waals surface area (Å²) in [5.74, 6) is -0.829. The largest absolute Gasteiger partial charge is 0.399 e. The van der Waals surface area contributed by atoms with Gasteiger partial charge in [-0.25, -0.2) is 17.5 Å². The van der Waals surface area contributed by atoms with Gasteiger partial charge in [-0.1, -0.05) is 19.8 Å². The minimum atomic E-state index is -3.90. The van der Waals surface area contributed by atoms with Crippen molar-refractivity contribution in [3.63, 3.8) is 0 Å². The van der Waals surface area contributed by atoms with Crippen LogP contribution in [-0.4, -0.2) is 14.5 Å². The third-order valence-electron chi connectivity index (χ3n) is 2.65. The molecule has 0 aliphatic heterocycles. The Kier molecular flexibility index (Phi) is 5.76. The van der Waals surface area contributed by atoms with Crippen LogP contribution in [0.5, 0.6) is 0 Å². The zero-order chi connectivity index (χ0) is 14.6. The van der Waals surface area contributed by atoms with Gasteiger partial charge in [-0.2, -0.15) is 0 Å². The molecule has 0 radical (unpaired) electrons. The summed E-state index contributed by atoms with van der Waals surface area (Å²) >= 11 is 2.95. The van der Waals surface area contributed by atoms with E-state index in [0.29, 0.717) is 6.42 Å². The number of benzene rings is 1. The summed E-state index contributed by atoms with van der Waals surface area (Å²) in [7, 11) is -3.90. The van der Waals surface area contributed by atoms with Crippen molar-refractivity contribution in [1.82, 2.24) is 4.72 Å². The van der Waals surface area contributed by atoms with Crippen LogP contribution in [-0.2, 0) is 10.0 Å². The molecule has 1 aromatic rings. The van der Waals surface area contributed by atoms with Crippen molar-refractivity contribution < 1.29 is 12.8 Å². The summed E-state index contributed by atoms with van der Waals surface area (Å²) in [4.78, 5) is -0.428. The van der Waals surface area contributed by atoms with E-state index in [1.807, 2.05) is 6.92 Å². The van der Waals surface area contributed by atoms with E-state index < -0.39 is 20.7 Å². The zero-order valence-corrected chi connectivity index (χ0v) is 13.3. The second kappa shape index (κ2) is 6.67. The maximum Gasteiger partial charge on any atom is 0.243 e. The lowest BCUT2D eigenvalue weighted by atomic mass is 10.2. The highest BCUT2D eigenvalue weighted by Crippen LogP contribution is 2.26. The van der Waals surface area contributed by atoms with Crippen molar-refractivity contribution in [3.8, 4) is 0 Å². The first-order chi connectivity index (χ1) is 8.77. The fourth-order valence-corrected chi connectivity index (χ4v) is 3.70. The summed E-state index contributed by atoms with van der Waals surface area (Å²) in [6.07, 6.45) is 2.60. The number of sulfonamides is 1. The maximum atomic E-state index is 13.9. The van der Waals surface area contributed by atoms with Crippen LogP contribution in [0.25, 0.3) is 0 Å². The Balaban J connectivity index is 3.01. The normalized spacial score (nSPS) is 13.5. The molecule has 1 rings (SSSR count). The molecule has 0 fully saturated rings. The third-order valence-corrected chi connectivity index (χ3v) is 4.82. The Morgan fingerprint density at radius 1 is 1.47 bits per heavy atom. The van der Waals surface area contributed by atoms with Gasteiger partial charge in [0, 0.05) is 11.7 Å². The Bertz CT molecular complexity index is 549. The second-order valence-corrected chi connectivity index (χ2v) is 7.02. The van der Waals surface area contributed by atoms with E-state index in [-0.39, 0.29) is 16.2 Å². The highest BCUT2D eigenvalue weighted by atomic mass is 79.9. The molecular weight excluding hydrogens is 335 g/mol. The number of nitrogen functional groups attached to an aromatic ring is 1. The first-order valence-corrected chi connectivity index (χ1v) is 8.32. The van der Waals surface area contributed by atoms with E-state index in [0.717, 1.165) is 18.9 Å². The van der Waals surface area contributed by atoms with Crippen LogP contribution < -0.4 is 10.5 Å². The highest BCUT2D eigenvalue weighted by Gasteiger charge is 2.23. The number of rotatable bonds is 6. The van der Waals surface area contributed by atoms with Crippen LogP contribution in [0.3, 0.4) is 0 Å². The van der Waals surface area contributed by atoms with Gasteiger partial charge >= 0.3 is 0 Å². The van der Waals surface area contributed by atoms with Crippen molar-refractivity contribution in [2.45, 2.75) is 44.0 Å².